The molecule has 0 aliphatic rings. The minimum absolute atomic E-state index is 0.367. The largest absolute Gasteiger partial charge is 0.379 e. The third-order valence-corrected chi connectivity index (χ3v) is 3.63. The van der Waals surface area contributed by atoms with Crippen molar-refractivity contribution in [3.8, 4) is 0 Å². The fourth-order valence-electron chi connectivity index (χ4n) is 1.76. The van der Waals surface area contributed by atoms with Gasteiger partial charge >= 0.3 is 0 Å². The van der Waals surface area contributed by atoms with Crippen LogP contribution in [0.2, 0.25) is 0 Å². The lowest BCUT2D eigenvalue weighted by Crippen LogP contribution is -2.25. The van der Waals surface area contributed by atoms with Crippen LogP contribution in [0, 0.1) is 0 Å². The summed E-state index contributed by atoms with van der Waals surface area (Å²) in [6, 6.07) is 2.59. The zero-order chi connectivity index (χ0) is 11.8. The van der Waals surface area contributed by atoms with Crippen molar-refractivity contribution in [2.75, 3.05) is 19.8 Å². The van der Waals surface area contributed by atoms with Gasteiger partial charge in [0.05, 0.1) is 12.6 Å². The Bertz CT molecular complexity index is 285. The van der Waals surface area contributed by atoms with E-state index in [1.807, 2.05) is 11.3 Å². The lowest BCUT2D eigenvalue weighted by Gasteiger charge is -2.18. The van der Waals surface area contributed by atoms with E-state index >= 15 is 0 Å². The van der Waals surface area contributed by atoms with E-state index in [1.54, 1.807) is 0 Å². The van der Waals surface area contributed by atoms with Gasteiger partial charge in [-0.05, 0) is 36.4 Å². The molecule has 16 heavy (non-hydrogen) atoms. The maximum absolute atomic E-state index is 5.66. The molecule has 0 spiro atoms. The zero-order valence-corrected chi connectivity index (χ0v) is 11.4. The third-order valence-electron chi connectivity index (χ3n) is 2.56. The molecule has 0 amide bonds. The Labute approximate surface area is 103 Å². The summed E-state index contributed by atoms with van der Waals surface area (Å²) < 4.78 is 5.66. The van der Waals surface area contributed by atoms with Gasteiger partial charge in [-0.15, -0.1) is 11.3 Å². The number of nitrogens with one attached hydrogen (secondary N) is 1. The summed E-state index contributed by atoms with van der Waals surface area (Å²) in [5, 5.41) is 5.68. The molecule has 0 aromatic carbocycles. The van der Waals surface area contributed by atoms with E-state index in [-0.39, 0.29) is 0 Å². The molecule has 0 bridgehead atoms. The molecule has 0 saturated carbocycles. The SMILES string of the molecule is CCCOCC(NCC)c1sccc1CC. The fourth-order valence-corrected chi connectivity index (χ4v) is 2.82. The Hall–Kier alpha value is -0.380. The average molecular weight is 241 g/mol. The highest BCUT2D eigenvalue weighted by atomic mass is 32.1. The van der Waals surface area contributed by atoms with E-state index in [0.717, 1.165) is 32.6 Å². The summed E-state index contributed by atoms with van der Waals surface area (Å²) >= 11 is 1.84. The first-order chi connectivity index (χ1) is 7.83. The number of thiophene rings is 1. The first-order valence-electron chi connectivity index (χ1n) is 6.20. The second-order valence-electron chi connectivity index (χ2n) is 3.85. The Morgan fingerprint density at radius 1 is 1.38 bits per heavy atom. The Kier molecular flexibility index (Phi) is 6.69. The monoisotopic (exact) mass is 241 g/mol. The number of hydrogen-bond donors (Lipinski definition) is 1. The molecule has 1 aromatic rings. The van der Waals surface area contributed by atoms with Gasteiger partial charge in [0.2, 0.25) is 0 Å². The highest BCUT2D eigenvalue weighted by Gasteiger charge is 2.15. The maximum Gasteiger partial charge on any atom is 0.0669 e. The normalized spacial score (nSPS) is 12.9. The van der Waals surface area contributed by atoms with Crippen molar-refractivity contribution in [1.29, 1.82) is 0 Å². The average Bonchev–Trinajstić information content (AvgIpc) is 2.76. The number of aryl methyl sites for hydroxylation is 1. The van der Waals surface area contributed by atoms with E-state index < -0.39 is 0 Å². The van der Waals surface area contributed by atoms with Gasteiger partial charge < -0.3 is 10.1 Å². The quantitative estimate of drug-likeness (QED) is 0.704. The molecule has 0 fully saturated rings. The van der Waals surface area contributed by atoms with Crippen molar-refractivity contribution in [2.45, 2.75) is 39.7 Å². The predicted octanol–water partition coefficient (Wildman–Crippen LogP) is 3.39. The predicted molar refractivity (Wildman–Crippen MR) is 71.2 cm³/mol. The van der Waals surface area contributed by atoms with E-state index in [0.29, 0.717) is 6.04 Å². The van der Waals surface area contributed by atoms with Crippen LogP contribution in [0.15, 0.2) is 11.4 Å². The number of likely N-dealkylation sites (N-methyl/N-ethyl adjacent to an activating group) is 1. The molecule has 2 nitrogen and oxygen atoms in total. The molecular weight excluding hydrogens is 218 g/mol. The summed E-state index contributed by atoms with van der Waals surface area (Å²) in [4.78, 5) is 1.44. The van der Waals surface area contributed by atoms with Crippen molar-refractivity contribution < 1.29 is 4.74 Å². The van der Waals surface area contributed by atoms with Crippen LogP contribution in [0.5, 0.6) is 0 Å². The van der Waals surface area contributed by atoms with Crippen LogP contribution in [0.3, 0.4) is 0 Å². The van der Waals surface area contributed by atoms with Crippen molar-refractivity contribution in [1.82, 2.24) is 5.32 Å². The third kappa shape index (κ3) is 3.89. The van der Waals surface area contributed by atoms with E-state index in [1.165, 1.54) is 10.4 Å². The molecule has 0 saturated heterocycles. The molecule has 1 atom stereocenters. The van der Waals surface area contributed by atoms with Crippen molar-refractivity contribution in [2.24, 2.45) is 0 Å². The Morgan fingerprint density at radius 3 is 2.81 bits per heavy atom. The van der Waals surface area contributed by atoms with Crippen LogP contribution in [0.25, 0.3) is 0 Å². The van der Waals surface area contributed by atoms with Gasteiger partial charge in [0.15, 0.2) is 0 Å². The van der Waals surface area contributed by atoms with Crippen LogP contribution < -0.4 is 5.32 Å². The van der Waals surface area contributed by atoms with Crippen LogP contribution in [0.1, 0.15) is 43.7 Å². The zero-order valence-electron chi connectivity index (χ0n) is 10.6. The minimum Gasteiger partial charge on any atom is -0.379 e. The fraction of sp³-hybridized carbons (Fsp3) is 0.692. The van der Waals surface area contributed by atoms with Gasteiger partial charge in [0, 0.05) is 11.5 Å². The molecule has 0 aliphatic carbocycles. The van der Waals surface area contributed by atoms with Crippen LogP contribution in [-0.4, -0.2) is 19.8 Å². The summed E-state index contributed by atoms with van der Waals surface area (Å²) in [6.07, 6.45) is 2.19. The number of ether oxygens (including phenoxy) is 1. The highest BCUT2D eigenvalue weighted by molar-refractivity contribution is 7.10. The van der Waals surface area contributed by atoms with Gasteiger partial charge in [-0.1, -0.05) is 20.8 Å². The smallest absolute Gasteiger partial charge is 0.0669 e. The van der Waals surface area contributed by atoms with Crippen molar-refractivity contribution in [3.63, 3.8) is 0 Å². The second-order valence-corrected chi connectivity index (χ2v) is 4.80. The summed E-state index contributed by atoms with van der Waals surface area (Å²) in [7, 11) is 0. The lowest BCUT2D eigenvalue weighted by atomic mass is 10.1. The van der Waals surface area contributed by atoms with Crippen LogP contribution in [0.4, 0.5) is 0 Å². The van der Waals surface area contributed by atoms with E-state index in [2.05, 4.69) is 37.5 Å². The standard InChI is InChI=1S/C13H23NOS/c1-4-8-15-10-12(14-6-3)13-11(5-2)7-9-16-13/h7,9,12,14H,4-6,8,10H2,1-3H3. The van der Waals surface area contributed by atoms with Gasteiger partial charge in [0.1, 0.15) is 0 Å². The van der Waals surface area contributed by atoms with Crippen molar-refractivity contribution >= 4 is 11.3 Å². The molecule has 1 N–H and O–H groups in total. The minimum atomic E-state index is 0.367. The van der Waals surface area contributed by atoms with Crippen LogP contribution >= 0.6 is 11.3 Å². The van der Waals surface area contributed by atoms with Gasteiger partial charge in [-0.2, -0.15) is 0 Å². The lowest BCUT2D eigenvalue weighted by molar-refractivity contribution is 0.113. The van der Waals surface area contributed by atoms with Crippen molar-refractivity contribution in [3.05, 3.63) is 21.9 Å². The molecule has 0 radical (unpaired) electrons. The van der Waals surface area contributed by atoms with Gasteiger partial charge in [0.25, 0.3) is 0 Å². The molecular formula is C13H23NOS. The number of hydrogen-bond acceptors (Lipinski definition) is 3. The molecule has 0 aliphatic heterocycles. The Morgan fingerprint density at radius 2 is 2.19 bits per heavy atom. The molecule has 3 heteroatoms. The van der Waals surface area contributed by atoms with Gasteiger partial charge in [-0.25, -0.2) is 0 Å². The topological polar surface area (TPSA) is 21.3 Å². The second kappa shape index (κ2) is 7.82. The molecule has 1 unspecified atom stereocenters. The highest BCUT2D eigenvalue weighted by Crippen LogP contribution is 2.25. The van der Waals surface area contributed by atoms with Gasteiger partial charge in [-0.3, -0.25) is 0 Å². The molecule has 1 rings (SSSR count). The molecule has 1 heterocycles. The van der Waals surface area contributed by atoms with Crippen LogP contribution in [-0.2, 0) is 11.2 Å². The number of rotatable bonds is 8. The Balaban J connectivity index is 2.61. The first kappa shape index (κ1) is 13.7. The van der Waals surface area contributed by atoms with E-state index in [4.69, 9.17) is 4.74 Å². The summed E-state index contributed by atoms with van der Waals surface area (Å²) in [5.41, 5.74) is 1.45. The van der Waals surface area contributed by atoms with E-state index in [9.17, 15) is 0 Å². The maximum atomic E-state index is 5.66. The molecule has 1 aromatic heterocycles. The summed E-state index contributed by atoms with van der Waals surface area (Å²) in [6.45, 7) is 9.13. The first-order valence-corrected chi connectivity index (χ1v) is 7.08. The summed E-state index contributed by atoms with van der Waals surface area (Å²) in [5.74, 6) is 0. The molecule has 92 valence electrons.